The van der Waals surface area contributed by atoms with E-state index in [4.69, 9.17) is 23.4 Å². The Hall–Kier alpha value is -0.883. The lowest BCUT2D eigenvalue weighted by Crippen LogP contribution is -2.67. The van der Waals surface area contributed by atoms with Gasteiger partial charge >= 0.3 is 0 Å². The average Bonchev–Trinajstić information content (AvgIpc) is 3.62. The molecule has 0 unspecified atom stereocenters. The summed E-state index contributed by atoms with van der Waals surface area (Å²) in [5.74, 6) is 0.991. The van der Waals surface area contributed by atoms with Gasteiger partial charge in [0.1, 0.15) is 4.08 Å². The van der Waals surface area contributed by atoms with Crippen LogP contribution in [-0.2, 0) is 23.4 Å². The summed E-state index contributed by atoms with van der Waals surface area (Å²) < 4.78 is 34.9. The summed E-state index contributed by atoms with van der Waals surface area (Å²) in [4.78, 5) is 0. The van der Waals surface area contributed by atoms with Crippen molar-refractivity contribution in [1.29, 1.82) is 0 Å². The van der Waals surface area contributed by atoms with Gasteiger partial charge < -0.3 is 28.5 Å². The van der Waals surface area contributed by atoms with E-state index in [9.17, 15) is 5.11 Å². The van der Waals surface area contributed by atoms with E-state index in [-0.39, 0.29) is 46.1 Å². The zero-order valence-electron chi connectivity index (χ0n) is 27.2. The van der Waals surface area contributed by atoms with Crippen molar-refractivity contribution in [2.24, 2.45) is 5.92 Å². The Balaban J connectivity index is 1.10. The smallest absolute Gasteiger partial charge is 0.261 e. The molecule has 0 aliphatic carbocycles. The number of aliphatic hydroxyl groups excluding tert-OH is 1. The molecule has 0 saturated carbocycles. The molecule has 0 radical (unpaired) electrons. The second-order valence-electron chi connectivity index (χ2n) is 14.7. The molecule has 0 amide bonds. The maximum atomic E-state index is 10.1. The second-order valence-corrected chi connectivity index (χ2v) is 22.1. The van der Waals surface area contributed by atoms with E-state index < -0.39 is 19.9 Å². The summed E-state index contributed by atoms with van der Waals surface area (Å²) in [6.45, 7) is 9.78. The van der Waals surface area contributed by atoms with Crippen LogP contribution in [0.2, 0.25) is 5.04 Å². The van der Waals surface area contributed by atoms with Gasteiger partial charge in [0.15, 0.2) is 11.6 Å². The molecule has 0 aromatic heterocycles. The summed E-state index contributed by atoms with van der Waals surface area (Å²) in [5.41, 5.74) is 0. The molecule has 2 aromatic carbocycles. The van der Waals surface area contributed by atoms with Gasteiger partial charge in [-0.2, -0.15) is 0 Å². The fourth-order valence-electron chi connectivity index (χ4n) is 8.65. The molecule has 6 nitrogen and oxygen atoms in total. The topological polar surface area (TPSA) is 66.4 Å². The van der Waals surface area contributed by atoms with Gasteiger partial charge in [-0.1, -0.05) is 88.4 Å². The number of fused-ring (bicyclic) bond motifs is 2. The van der Waals surface area contributed by atoms with Gasteiger partial charge in [-0.05, 0) is 52.6 Å². The summed E-state index contributed by atoms with van der Waals surface area (Å²) in [7, 11) is -2.66. The quantitative estimate of drug-likeness (QED) is 0.371. The summed E-state index contributed by atoms with van der Waals surface area (Å²) in [6.07, 6.45) is 6.15. The number of ether oxygens (including phenoxy) is 4. The Bertz CT molecular complexity index is 1260. The summed E-state index contributed by atoms with van der Waals surface area (Å²) in [5, 5.41) is 12.6. The van der Waals surface area contributed by atoms with Gasteiger partial charge in [0.25, 0.3) is 8.32 Å². The Morgan fingerprint density at radius 3 is 2.16 bits per heavy atom. The van der Waals surface area contributed by atoms with Crippen LogP contribution in [0.25, 0.3) is 0 Å². The normalized spacial score (nSPS) is 36.5. The first-order valence-corrected chi connectivity index (χ1v) is 20.9. The van der Waals surface area contributed by atoms with Crippen LogP contribution in [0.1, 0.15) is 72.6 Å². The van der Waals surface area contributed by atoms with Crippen molar-refractivity contribution in [3.63, 3.8) is 0 Å². The van der Waals surface area contributed by atoms with E-state index in [2.05, 4.69) is 88.4 Å². The molecule has 5 fully saturated rings. The fourth-order valence-corrected chi connectivity index (χ4v) is 16.8. The number of hydrogen-bond acceptors (Lipinski definition) is 8. The predicted octanol–water partition coefficient (Wildman–Crippen LogP) is 6.09. The molecular formula is C36H50O6S2Si. The molecule has 246 valence electrons. The minimum atomic E-state index is -2.66. The number of aliphatic hydroxyl groups is 1. The fraction of sp³-hybridized carbons (Fsp3) is 0.667. The van der Waals surface area contributed by atoms with Crippen molar-refractivity contribution in [1.82, 2.24) is 0 Å². The summed E-state index contributed by atoms with van der Waals surface area (Å²) in [6, 6.07) is 21.7. The lowest BCUT2D eigenvalue weighted by molar-refractivity contribution is -0.378. The van der Waals surface area contributed by atoms with Gasteiger partial charge in [0.2, 0.25) is 0 Å². The first-order valence-electron chi connectivity index (χ1n) is 17.0. The van der Waals surface area contributed by atoms with Gasteiger partial charge in [-0.15, -0.1) is 23.5 Å². The Labute approximate surface area is 278 Å². The first-order chi connectivity index (χ1) is 21.6. The van der Waals surface area contributed by atoms with E-state index in [1.807, 2.05) is 23.5 Å². The Morgan fingerprint density at radius 2 is 1.53 bits per heavy atom. The van der Waals surface area contributed by atoms with Crippen LogP contribution in [0.5, 0.6) is 0 Å². The van der Waals surface area contributed by atoms with Gasteiger partial charge in [0.05, 0.1) is 37.6 Å². The molecule has 5 aliphatic heterocycles. The van der Waals surface area contributed by atoms with Crippen LogP contribution in [0.15, 0.2) is 60.7 Å². The maximum absolute atomic E-state index is 10.1. The van der Waals surface area contributed by atoms with Gasteiger partial charge in [-0.25, -0.2) is 0 Å². The number of thioether (sulfide) groups is 2. The van der Waals surface area contributed by atoms with E-state index in [0.717, 1.165) is 50.0 Å². The Kier molecular flexibility index (Phi) is 9.09. The van der Waals surface area contributed by atoms with Crippen LogP contribution in [0, 0.1) is 5.92 Å². The minimum Gasteiger partial charge on any atom is -0.405 e. The van der Waals surface area contributed by atoms with Crippen LogP contribution in [-0.4, -0.2) is 78.2 Å². The number of hydrogen-bond donors (Lipinski definition) is 1. The van der Waals surface area contributed by atoms with Crippen LogP contribution >= 0.6 is 23.5 Å². The van der Waals surface area contributed by atoms with Crippen LogP contribution in [0.3, 0.4) is 0 Å². The van der Waals surface area contributed by atoms with Crippen molar-refractivity contribution in [2.75, 3.05) is 24.7 Å². The zero-order valence-corrected chi connectivity index (χ0v) is 29.9. The highest BCUT2D eigenvalue weighted by molar-refractivity contribution is 8.18. The molecule has 7 atom stereocenters. The third-order valence-electron chi connectivity index (χ3n) is 10.9. The average molecular weight is 671 g/mol. The molecule has 7 rings (SSSR count). The molecule has 1 N–H and O–H groups in total. The van der Waals surface area contributed by atoms with Crippen molar-refractivity contribution in [2.45, 2.75) is 118 Å². The van der Waals surface area contributed by atoms with E-state index in [0.29, 0.717) is 6.61 Å². The standard InChI is InChI=1S/C36H50O6S2Si/c1-26-22-31-32(41-34(26)18-19-35(42-34)36(43-20-11-21-44-36)17-16-27(24-37)40-35)23-28(39-31)25-38-45(33(2,3)4,29-12-7-5-8-13-29)30-14-9-6-10-15-30/h5-10,12-15,26-28,31-32,37H,11,16-25H2,1-4H3/t26-,27-,28+,31-,32-,34-,35+/m0/s1. The maximum Gasteiger partial charge on any atom is 0.261 e. The second kappa shape index (κ2) is 12.5. The monoisotopic (exact) mass is 670 g/mol. The van der Waals surface area contributed by atoms with Crippen LogP contribution in [0.4, 0.5) is 0 Å². The highest BCUT2D eigenvalue weighted by atomic mass is 32.2. The predicted molar refractivity (Wildman–Crippen MR) is 185 cm³/mol. The number of benzene rings is 2. The molecule has 5 saturated heterocycles. The minimum absolute atomic E-state index is 0.0309. The molecule has 2 aromatic rings. The van der Waals surface area contributed by atoms with Crippen LogP contribution < -0.4 is 10.4 Å². The van der Waals surface area contributed by atoms with Crippen molar-refractivity contribution < 1.29 is 28.5 Å². The van der Waals surface area contributed by atoms with Gasteiger partial charge in [0, 0.05) is 25.2 Å². The lowest BCUT2D eigenvalue weighted by atomic mass is 9.86. The molecule has 45 heavy (non-hydrogen) atoms. The SMILES string of the molecule is C[C@H]1C[C@@H]2O[C@@H](CO[Si](c3ccccc3)(c3ccccc3)C(C)(C)C)C[C@@H]2O[C@]12CC[C@@]1(O[C@H](CO)CCC13SCCCS3)O2. The molecular weight excluding hydrogens is 621 g/mol. The highest BCUT2D eigenvalue weighted by Crippen LogP contribution is 2.64. The van der Waals surface area contributed by atoms with Gasteiger partial charge in [-0.3, -0.25) is 0 Å². The summed E-state index contributed by atoms with van der Waals surface area (Å²) >= 11 is 4.02. The van der Waals surface area contributed by atoms with E-state index in [1.165, 1.54) is 16.8 Å². The largest absolute Gasteiger partial charge is 0.405 e. The van der Waals surface area contributed by atoms with E-state index >= 15 is 0 Å². The third-order valence-corrected chi connectivity index (χ3v) is 19.6. The third kappa shape index (κ3) is 5.60. The zero-order chi connectivity index (χ0) is 31.3. The molecule has 9 heteroatoms. The van der Waals surface area contributed by atoms with Crippen molar-refractivity contribution in [3.05, 3.63) is 60.7 Å². The number of rotatable bonds is 6. The Morgan fingerprint density at radius 1 is 0.867 bits per heavy atom. The van der Waals surface area contributed by atoms with Crippen molar-refractivity contribution >= 4 is 42.2 Å². The molecule has 3 spiro atoms. The highest BCUT2D eigenvalue weighted by Gasteiger charge is 2.68. The lowest BCUT2D eigenvalue weighted by Gasteiger charge is -2.55. The molecule has 0 bridgehead atoms. The van der Waals surface area contributed by atoms with Crippen molar-refractivity contribution in [3.8, 4) is 0 Å². The first kappa shape index (κ1) is 32.7. The molecule has 5 aliphatic rings. The molecule has 5 heterocycles. The van der Waals surface area contributed by atoms with E-state index in [1.54, 1.807) is 0 Å².